The summed E-state index contributed by atoms with van der Waals surface area (Å²) < 4.78 is 10.9. The predicted molar refractivity (Wildman–Crippen MR) is 198 cm³/mol. The van der Waals surface area contributed by atoms with Gasteiger partial charge in [-0.05, 0) is 124 Å². The minimum atomic E-state index is -0.495. The number of amides is 2. The average Bonchev–Trinajstić information content (AvgIpc) is 3.07. The van der Waals surface area contributed by atoms with Gasteiger partial charge in [-0.25, -0.2) is 9.59 Å². The van der Waals surface area contributed by atoms with Gasteiger partial charge in [0.25, 0.3) is 0 Å². The molecule has 0 saturated carbocycles. The molecule has 0 aromatic heterocycles. The van der Waals surface area contributed by atoms with Crippen LogP contribution in [0.2, 0.25) is 0 Å². The molecule has 2 aliphatic heterocycles. The van der Waals surface area contributed by atoms with Crippen LogP contribution >= 0.6 is 0 Å². The quantitative estimate of drug-likeness (QED) is 0.235. The lowest BCUT2D eigenvalue weighted by Crippen LogP contribution is -2.42. The average molecular weight is 667 g/mol. The molecular formula is C42H54N2O5. The van der Waals surface area contributed by atoms with Crippen LogP contribution in [-0.2, 0) is 15.9 Å². The molecule has 2 aliphatic rings. The first-order valence-corrected chi connectivity index (χ1v) is 17.8. The number of aliphatic hydroxyl groups excluding tert-OH is 1. The van der Waals surface area contributed by atoms with Crippen LogP contribution in [0.5, 0.6) is 0 Å². The van der Waals surface area contributed by atoms with E-state index in [-0.39, 0.29) is 18.1 Å². The summed E-state index contributed by atoms with van der Waals surface area (Å²) in [6.45, 7) is 14.2. The molecule has 49 heavy (non-hydrogen) atoms. The van der Waals surface area contributed by atoms with Gasteiger partial charge in [0.1, 0.15) is 11.2 Å². The number of likely N-dealkylation sites (tertiary alicyclic amines) is 2. The molecule has 0 spiro atoms. The largest absolute Gasteiger partial charge is 0.444 e. The van der Waals surface area contributed by atoms with Gasteiger partial charge in [0, 0.05) is 26.2 Å². The van der Waals surface area contributed by atoms with Crippen molar-refractivity contribution in [2.45, 2.75) is 91.0 Å². The van der Waals surface area contributed by atoms with Crippen molar-refractivity contribution < 1.29 is 24.2 Å². The molecular weight excluding hydrogens is 612 g/mol. The fourth-order valence-corrected chi connectivity index (χ4v) is 6.73. The number of benzene rings is 4. The number of rotatable bonds is 4. The number of fused-ring (bicyclic) bond motifs is 2. The number of carbonyl (C=O) groups excluding carboxylic acids is 2. The molecule has 0 aliphatic carbocycles. The van der Waals surface area contributed by atoms with Gasteiger partial charge in [0.15, 0.2) is 0 Å². The van der Waals surface area contributed by atoms with Crippen molar-refractivity contribution in [2.75, 3.05) is 26.2 Å². The zero-order valence-electron chi connectivity index (χ0n) is 30.2. The summed E-state index contributed by atoms with van der Waals surface area (Å²) in [5.74, 6) is 0.810. The van der Waals surface area contributed by atoms with Crippen LogP contribution in [0.4, 0.5) is 9.59 Å². The lowest BCUT2D eigenvalue weighted by atomic mass is 9.87. The summed E-state index contributed by atoms with van der Waals surface area (Å²) in [5.41, 5.74) is 1.45. The van der Waals surface area contributed by atoms with Crippen molar-refractivity contribution in [1.82, 2.24) is 9.80 Å². The summed E-state index contributed by atoms with van der Waals surface area (Å²) in [6.07, 6.45) is 3.83. The second-order valence-electron chi connectivity index (χ2n) is 15.7. The minimum Gasteiger partial charge on any atom is -0.444 e. The lowest BCUT2D eigenvalue weighted by Gasteiger charge is -2.35. The van der Waals surface area contributed by atoms with E-state index in [0.29, 0.717) is 19.0 Å². The Labute approximate surface area is 292 Å². The van der Waals surface area contributed by atoms with E-state index in [9.17, 15) is 14.7 Å². The predicted octanol–water partition coefficient (Wildman–Crippen LogP) is 9.55. The first-order chi connectivity index (χ1) is 23.2. The molecule has 7 heteroatoms. The number of aliphatic hydroxyl groups is 1. The fourth-order valence-electron chi connectivity index (χ4n) is 6.73. The van der Waals surface area contributed by atoms with Crippen molar-refractivity contribution in [1.29, 1.82) is 0 Å². The van der Waals surface area contributed by atoms with Crippen LogP contribution in [0.25, 0.3) is 21.5 Å². The number of ether oxygens (including phenoxy) is 2. The minimum absolute atomic E-state index is 0.167. The second kappa shape index (κ2) is 15.6. The maximum absolute atomic E-state index is 12.1. The van der Waals surface area contributed by atoms with Gasteiger partial charge in [0.2, 0.25) is 0 Å². The van der Waals surface area contributed by atoms with Crippen LogP contribution in [-0.4, -0.2) is 64.5 Å². The van der Waals surface area contributed by atoms with Crippen LogP contribution in [0.1, 0.15) is 84.5 Å². The molecule has 262 valence electrons. The van der Waals surface area contributed by atoms with Crippen LogP contribution in [0, 0.1) is 11.8 Å². The third-order valence-electron chi connectivity index (χ3n) is 9.36. The third kappa shape index (κ3) is 10.4. The highest BCUT2D eigenvalue weighted by atomic mass is 16.6. The Morgan fingerprint density at radius 1 is 0.653 bits per heavy atom. The van der Waals surface area contributed by atoms with E-state index in [4.69, 9.17) is 9.47 Å². The van der Waals surface area contributed by atoms with Gasteiger partial charge >= 0.3 is 12.2 Å². The zero-order chi connectivity index (χ0) is 35.2. The van der Waals surface area contributed by atoms with Gasteiger partial charge in [0.05, 0.1) is 6.10 Å². The standard InChI is InChI=1S/C21H27NO3.C21H27NO2/c1-21(2,3)25-20(24)22-12-10-16(11-13-22)19(23)18-9-8-15-6-4-5-7-17(15)14-18;1-21(2,3)24-20(23)22-12-10-16(11-13-22)14-17-8-9-18-6-4-5-7-19(18)15-17/h4-9,14,16,19,23H,10-13H2,1-3H3;4-9,15-16H,10-14H2,1-3H3. The van der Waals surface area contributed by atoms with E-state index in [1.165, 1.54) is 21.7 Å². The maximum Gasteiger partial charge on any atom is 0.410 e. The molecule has 2 fully saturated rings. The van der Waals surface area contributed by atoms with Gasteiger partial charge in [-0.15, -0.1) is 0 Å². The monoisotopic (exact) mass is 666 g/mol. The summed E-state index contributed by atoms with van der Waals surface area (Å²) in [5, 5.41) is 15.7. The normalized spacial score (nSPS) is 17.0. The molecule has 0 radical (unpaired) electrons. The van der Waals surface area contributed by atoms with Crippen molar-refractivity contribution in [3.8, 4) is 0 Å². The van der Waals surface area contributed by atoms with E-state index < -0.39 is 17.3 Å². The summed E-state index contributed by atoms with van der Waals surface area (Å²) in [4.78, 5) is 27.9. The number of carbonyl (C=O) groups is 2. The van der Waals surface area contributed by atoms with Crippen LogP contribution in [0.15, 0.2) is 84.9 Å². The molecule has 1 N–H and O–H groups in total. The highest BCUT2D eigenvalue weighted by Crippen LogP contribution is 2.33. The topological polar surface area (TPSA) is 79.3 Å². The first-order valence-electron chi connectivity index (χ1n) is 17.8. The Balaban J connectivity index is 0.000000191. The van der Waals surface area contributed by atoms with Gasteiger partial charge in [-0.3, -0.25) is 0 Å². The first kappa shape index (κ1) is 36.2. The van der Waals surface area contributed by atoms with Crippen molar-refractivity contribution in [3.63, 3.8) is 0 Å². The van der Waals surface area contributed by atoms with E-state index in [0.717, 1.165) is 56.1 Å². The lowest BCUT2D eigenvalue weighted by molar-refractivity contribution is 0.00762. The Hall–Kier alpha value is -4.10. The van der Waals surface area contributed by atoms with E-state index in [1.807, 2.05) is 64.6 Å². The van der Waals surface area contributed by atoms with Gasteiger partial charge in [-0.2, -0.15) is 0 Å². The molecule has 1 atom stereocenters. The SMILES string of the molecule is CC(C)(C)OC(=O)N1CCC(C(O)c2ccc3ccccc3c2)CC1.CC(C)(C)OC(=O)N1CCC(Cc2ccc3ccccc3c2)CC1. The zero-order valence-corrected chi connectivity index (χ0v) is 30.2. The molecule has 4 aromatic rings. The molecule has 2 amide bonds. The van der Waals surface area contributed by atoms with Gasteiger partial charge in [-0.1, -0.05) is 78.9 Å². The van der Waals surface area contributed by atoms with E-state index in [1.54, 1.807) is 4.90 Å². The number of hydrogen-bond donors (Lipinski definition) is 1. The molecule has 0 bridgehead atoms. The second-order valence-corrected chi connectivity index (χ2v) is 15.7. The van der Waals surface area contributed by atoms with Crippen molar-refractivity contribution in [3.05, 3.63) is 96.1 Å². The molecule has 7 nitrogen and oxygen atoms in total. The summed E-state index contributed by atoms with van der Waals surface area (Å²) >= 11 is 0. The summed E-state index contributed by atoms with van der Waals surface area (Å²) in [6, 6.07) is 29.5. The molecule has 2 saturated heterocycles. The fraction of sp³-hybridized carbons (Fsp3) is 0.476. The van der Waals surface area contributed by atoms with Crippen molar-refractivity contribution in [2.24, 2.45) is 11.8 Å². The molecule has 6 rings (SSSR count). The smallest absolute Gasteiger partial charge is 0.410 e. The maximum atomic E-state index is 12.1. The molecule has 1 unspecified atom stereocenters. The number of piperidine rings is 2. The Bertz CT molecular complexity index is 1710. The molecule has 4 aromatic carbocycles. The Kier molecular flexibility index (Phi) is 11.5. The summed E-state index contributed by atoms with van der Waals surface area (Å²) in [7, 11) is 0. The van der Waals surface area contributed by atoms with Gasteiger partial charge < -0.3 is 24.4 Å². The van der Waals surface area contributed by atoms with Crippen LogP contribution in [0.3, 0.4) is 0 Å². The highest BCUT2D eigenvalue weighted by molar-refractivity contribution is 5.83. The number of nitrogens with zero attached hydrogens (tertiary/aromatic N) is 2. The Morgan fingerprint density at radius 2 is 1.10 bits per heavy atom. The Morgan fingerprint density at radius 3 is 1.61 bits per heavy atom. The third-order valence-corrected chi connectivity index (χ3v) is 9.36. The highest BCUT2D eigenvalue weighted by Gasteiger charge is 2.31. The van der Waals surface area contributed by atoms with E-state index in [2.05, 4.69) is 66.7 Å². The van der Waals surface area contributed by atoms with Crippen molar-refractivity contribution >= 4 is 33.7 Å². The van der Waals surface area contributed by atoms with E-state index >= 15 is 0 Å². The molecule has 2 heterocycles. The number of hydrogen-bond acceptors (Lipinski definition) is 5. The van der Waals surface area contributed by atoms with Crippen LogP contribution < -0.4 is 0 Å².